The average Bonchev–Trinajstić information content (AvgIpc) is 3.00. The number of anilines is 1. The number of carbonyl (C=O) groups excluding carboxylic acids is 1. The van der Waals surface area contributed by atoms with E-state index < -0.39 is 11.9 Å². The van der Waals surface area contributed by atoms with Gasteiger partial charge < -0.3 is 14.9 Å². The van der Waals surface area contributed by atoms with Crippen molar-refractivity contribution < 1.29 is 19.2 Å². The number of carboxylic acid groups (broad SMARTS) is 1. The molecular weight excluding hydrogens is 296 g/mol. The maximum Gasteiger partial charge on any atom is 0.336 e. The third-order valence-electron chi connectivity index (χ3n) is 3.88. The van der Waals surface area contributed by atoms with E-state index in [1.54, 1.807) is 25.1 Å². The largest absolute Gasteiger partial charge is 0.478 e. The van der Waals surface area contributed by atoms with Crippen molar-refractivity contribution in [2.45, 2.75) is 39.5 Å². The Morgan fingerprint density at radius 3 is 2.57 bits per heavy atom. The van der Waals surface area contributed by atoms with Gasteiger partial charge in [-0.25, -0.2) is 4.79 Å². The first-order chi connectivity index (χ1) is 11.0. The number of nitrogens with zero attached hydrogens (tertiary/aromatic N) is 1. The van der Waals surface area contributed by atoms with Gasteiger partial charge >= 0.3 is 5.97 Å². The van der Waals surface area contributed by atoms with Gasteiger partial charge in [-0.15, -0.1) is 0 Å². The van der Waals surface area contributed by atoms with Gasteiger partial charge in [0.25, 0.3) is 5.91 Å². The first-order valence-electron chi connectivity index (χ1n) is 7.58. The second-order valence-electron chi connectivity index (χ2n) is 5.42. The quantitative estimate of drug-likeness (QED) is 0.844. The smallest absolute Gasteiger partial charge is 0.336 e. The average molecular weight is 316 g/mol. The molecule has 0 aliphatic carbocycles. The zero-order chi connectivity index (χ0) is 17.0. The first kappa shape index (κ1) is 16.7. The predicted octanol–water partition coefficient (Wildman–Crippen LogP) is 3.84. The van der Waals surface area contributed by atoms with Crippen LogP contribution in [-0.4, -0.2) is 22.1 Å². The molecule has 23 heavy (non-hydrogen) atoms. The zero-order valence-corrected chi connectivity index (χ0v) is 13.4. The van der Waals surface area contributed by atoms with Gasteiger partial charge in [0.1, 0.15) is 0 Å². The molecular formula is C17H20N2O4. The van der Waals surface area contributed by atoms with Gasteiger partial charge in [-0.1, -0.05) is 25.1 Å². The Morgan fingerprint density at radius 2 is 1.96 bits per heavy atom. The van der Waals surface area contributed by atoms with Crippen LogP contribution in [0.3, 0.4) is 0 Å². The van der Waals surface area contributed by atoms with E-state index in [0.29, 0.717) is 11.3 Å². The highest BCUT2D eigenvalue weighted by Crippen LogP contribution is 2.23. The van der Waals surface area contributed by atoms with Crippen molar-refractivity contribution in [2.75, 3.05) is 5.32 Å². The molecule has 0 radical (unpaired) electrons. The van der Waals surface area contributed by atoms with Crippen LogP contribution in [0.2, 0.25) is 0 Å². The molecule has 0 bridgehead atoms. The SMILES string of the molecule is CCC(CC)c1cc(C(=O)Nc2ccc(C)c(C(=O)O)c2)on1. The minimum absolute atomic E-state index is 0.115. The van der Waals surface area contributed by atoms with Crippen LogP contribution in [0.25, 0.3) is 0 Å². The van der Waals surface area contributed by atoms with Crippen LogP contribution in [0.5, 0.6) is 0 Å². The topological polar surface area (TPSA) is 92.4 Å². The normalized spacial score (nSPS) is 10.8. The van der Waals surface area contributed by atoms with Crippen LogP contribution < -0.4 is 5.32 Å². The van der Waals surface area contributed by atoms with Crippen LogP contribution in [0, 0.1) is 6.92 Å². The molecule has 6 nitrogen and oxygen atoms in total. The van der Waals surface area contributed by atoms with Gasteiger partial charge in [0.05, 0.1) is 11.3 Å². The molecule has 1 aromatic heterocycles. The number of hydrogen-bond donors (Lipinski definition) is 2. The summed E-state index contributed by atoms with van der Waals surface area (Å²) in [6.07, 6.45) is 1.84. The van der Waals surface area contributed by atoms with Gasteiger partial charge in [-0.05, 0) is 37.5 Å². The summed E-state index contributed by atoms with van der Waals surface area (Å²) < 4.78 is 5.11. The highest BCUT2D eigenvalue weighted by molar-refractivity contribution is 6.03. The van der Waals surface area contributed by atoms with E-state index in [2.05, 4.69) is 24.3 Å². The molecule has 0 aliphatic heterocycles. The van der Waals surface area contributed by atoms with Crippen molar-refractivity contribution in [1.29, 1.82) is 0 Å². The number of carbonyl (C=O) groups is 2. The van der Waals surface area contributed by atoms with Crippen LogP contribution in [0.4, 0.5) is 5.69 Å². The van der Waals surface area contributed by atoms with Crippen molar-refractivity contribution in [3.05, 3.63) is 46.8 Å². The van der Waals surface area contributed by atoms with E-state index in [4.69, 9.17) is 9.63 Å². The van der Waals surface area contributed by atoms with Gasteiger partial charge in [-0.3, -0.25) is 4.79 Å². The van der Waals surface area contributed by atoms with Crippen molar-refractivity contribution in [3.63, 3.8) is 0 Å². The molecule has 1 aromatic carbocycles. The van der Waals surface area contributed by atoms with Crippen LogP contribution in [0.1, 0.15) is 64.8 Å². The van der Waals surface area contributed by atoms with Gasteiger partial charge in [0, 0.05) is 17.7 Å². The van der Waals surface area contributed by atoms with Crippen LogP contribution in [0.15, 0.2) is 28.8 Å². The summed E-state index contributed by atoms with van der Waals surface area (Å²) in [6, 6.07) is 6.36. The molecule has 2 N–H and O–H groups in total. The number of rotatable bonds is 6. The van der Waals surface area contributed by atoms with E-state index in [1.165, 1.54) is 6.07 Å². The molecule has 1 heterocycles. The van der Waals surface area contributed by atoms with Gasteiger partial charge in [0.2, 0.25) is 5.76 Å². The highest BCUT2D eigenvalue weighted by atomic mass is 16.5. The molecule has 1 amide bonds. The fraction of sp³-hybridized carbons (Fsp3) is 0.353. The number of benzene rings is 1. The molecule has 0 unspecified atom stereocenters. The van der Waals surface area contributed by atoms with E-state index in [9.17, 15) is 9.59 Å². The summed E-state index contributed by atoms with van der Waals surface area (Å²) in [5.74, 6) is -1.10. The number of aromatic carboxylic acids is 1. The lowest BCUT2D eigenvalue weighted by molar-refractivity contribution is 0.0695. The molecule has 0 saturated carbocycles. The number of hydrogen-bond acceptors (Lipinski definition) is 4. The fourth-order valence-electron chi connectivity index (χ4n) is 2.42. The number of nitrogens with one attached hydrogen (secondary N) is 1. The third-order valence-corrected chi connectivity index (χ3v) is 3.88. The Morgan fingerprint density at radius 1 is 1.26 bits per heavy atom. The lowest BCUT2D eigenvalue weighted by atomic mass is 9.99. The van der Waals surface area contributed by atoms with E-state index >= 15 is 0 Å². The summed E-state index contributed by atoms with van der Waals surface area (Å²) in [7, 11) is 0. The third kappa shape index (κ3) is 3.77. The number of aromatic nitrogens is 1. The maximum absolute atomic E-state index is 12.2. The van der Waals surface area contributed by atoms with Gasteiger partial charge in [0.15, 0.2) is 0 Å². The number of carboxylic acids is 1. The molecule has 0 aliphatic rings. The summed E-state index contributed by atoms with van der Waals surface area (Å²) in [6.45, 7) is 5.82. The van der Waals surface area contributed by atoms with E-state index in [-0.39, 0.29) is 17.2 Å². The molecule has 0 saturated heterocycles. The molecule has 0 spiro atoms. The van der Waals surface area contributed by atoms with Gasteiger partial charge in [-0.2, -0.15) is 0 Å². The van der Waals surface area contributed by atoms with Crippen molar-refractivity contribution in [3.8, 4) is 0 Å². The van der Waals surface area contributed by atoms with Crippen molar-refractivity contribution >= 4 is 17.6 Å². The molecule has 0 atom stereocenters. The summed E-state index contributed by atoms with van der Waals surface area (Å²) in [5.41, 5.74) is 1.94. The Bertz CT molecular complexity index is 717. The predicted molar refractivity (Wildman–Crippen MR) is 85.9 cm³/mol. The Kier molecular flexibility index (Phi) is 5.16. The van der Waals surface area contributed by atoms with Crippen molar-refractivity contribution in [1.82, 2.24) is 5.16 Å². The molecule has 2 rings (SSSR count). The van der Waals surface area contributed by atoms with E-state index in [1.807, 2.05) is 0 Å². The molecule has 122 valence electrons. The number of aryl methyl sites for hydroxylation is 1. The van der Waals surface area contributed by atoms with Crippen molar-refractivity contribution in [2.24, 2.45) is 0 Å². The van der Waals surface area contributed by atoms with Crippen LogP contribution >= 0.6 is 0 Å². The van der Waals surface area contributed by atoms with E-state index in [0.717, 1.165) is 18.5 Å². The lowest BCUT2D eigenvalue weighted by Crippen LogP contribution is -2.12. The fourth-order valence-corrected chi connectivity index (χ4v) is 2.42. The first-order valence-corrected chi connectivity index (χ1v) is 7.58. The highest BCUT2D eigenvalue weighted by Gasteiger charge is 2.18. The lowest BCUT2D eigenvalue weighted by Gasteiger charge is -2.06. The second kappa shape index (κ2) is 7.09. The summed E-state index contributed by atoms with van der Waals surface area (Å²) in [5, 5.41) is 15.7. The second-order valence-corrected chi connectivity index (χ2v) is 5.42. The Labute approximate surface area is 134 Å². The summed E-state index contributed by atoms with van der Waals surface area (Å²) >= 11 is 0. The zero-order valence-electron chi connectivity index (χ0n) is 13.4. The van der Waals surface area contributed by atoms with Crippen LogP contribution in [-0.2, 0) is 0 Å². The molecule has 2 aromatic rings. The standard InChI is InChI=1S/C17H20N2O4/c1-4-11(5-2)14-9-15(23-19-14)16(20)18-12-7-6-10(3)13(8-12)17(21)22/h6-9,11H,4-5H2,1-3H3,(H,18,20)(H,21,22). The Balaban J connectivity index is 2.16. The molecule has 0 fully saturated rings. The number of amides is 1. The monoisotopic (exact) mass is 316 g/mol. The Hall–Kier alpha value is -2.63. The minimum atomic E-state index is -1.03. The summed E-state index contributed by atoms with van der Waals surface area (Å²) in [4.78, 5) is 23.3. The minimum Gasteiger partial charge on any atom is -0.478 e. The molecule has 6 heteroatoms. The maximum atomic E-state index is 12.2.